The quantitative estimate of drug-likeness (QED) is 0.773. The van der Waals surface area contributed by atoms with Gasteiger partial charge >= 0.3 is 0 Å². The molecule has 0 spiro atoms. The minimum Gasteiger partial charge on any atom is -0.295 e. The average Bonchev–Trinajstić information content (AvgIpc) is 2.77. The molecule has 0 bridgehead atoms. The maximum absolute atomic E-state index is 4.26. The Kier molecular flexibility index (Phi) is 2.42. The van der Waals surface area contributed by atoms with Gasteiger partial charge in [0.2, 0.25) is 0 Å². The van der Waals surface area contributed by atoms with Crippen molar-refractivity contribution < 1.29 is 0 Å². The van der Waals surface area contributed by atoms with Crippen molar-refractivity contribution in [2.75, 3.05) is 13.1 Å². The summed E-state index contributed by atoms with van der Waals surface area (Å²) in [6.07, 6.45) is 7.61. The molecule has 4 nitrogen and oxygen atoms in total. The van der Waals surface area contributed by atoms with Crippen LogP contribution in [-0.4, -0.2) is 32.8 Å². The van der Waals surface area contributed by atoms with Crippen LogP contribution in [0, 0.1) is 0 Å². The summed E-state index contributed by atoms with van der Waals surface area (Å²) in [5.74, 6) is 0. The van der Waals surface area contributed by atoms with Crippen LogP contribution in [0.1, 0.15) is 11.6 Å². The number of likely N-dealkylation sites (tertiary alicyclic amines) is 1. The number of aromatic nitrogens is 3. The van der Waals surface area contributed by atoms with E-state index in [0.717, 1.165) is 19.6 Å². The van der Waals surface area contributed by atoms with E-state index in [4.69, 9.17) is 0 Å². The van der Waals surface area contributed by atoms with E-state index in [0.29, 0.717) is 6.04 Å². The van der Waals surface area contributed by atoms with Crippen LogP contribution in [0.2, 0.25) is 0 Å². The van der Waals surface area contributed by atoms with Crippen LogP contribution in [0.4, 0.5) is 0 Å². The lowest BCUT2D eigenvalue weighted by Gasteiger charge is -2.39. The van der Waals surface area contributed by atoms with Crippen molar-refractivity contribution in [1.29, 1.82) is 0 Å². The van der Waals surface area contributed by atoms with Crippen LogP contribution in [0.15, 0.2) is 43.0 Å². The maximum Gasteiger partial charge on any atom is 0.0773 e. The normalized spacial score (nSPS) is 17.2. The highest BCUT2D eigenvalue weighted by atomic mass is 15.4. The number of nitrogens with zero attached hydrogens (tertiary/aromatic N) is 4. The molecule has 3 rings (SSSR count). The molecule has 0 radical (unpaired) electrons. The van der Waals surface area contributed by atoms with Gasteiger partial charge in [-0.05, 0) is 17.7 Å². The van der Waals surface area contributed by atoms with E-state index in [1.165, 1.54) is 5.56 Å². The molecule has 1 fully saturated rings. The molecule has 0 aliphatic carbocycles. The summed E-state index contributed by atoms with van der Waals surface area (Å²) in [5, 5.41) is 4.26. The zero-order valence-corrected chi connectivity index (χ0v) is 9.03. The van der Waals surface area contributed by atoms with Gasteiger partial charge in [0.25, 0.3) is 0 Å². The third-order valence-corrected chi connectivity index (χ3v) is 2.97. The van der Waals surface area contributed by atoms with E-state index >= 15 is 0 Å². The van der Waals surface area contributed by atoms with Gasteiger partial charge in [0.15, 0.2) is 0 Å². The molecule has 1 aliphatic rings. The number of rotatable bonds is 3. The Morgan fingerprint density at radius 3 is 2.88 bits per heavy atom. The molecule has 0 atom stereocenters. The topological polar surface area (TPSA) is 34.0 Å². The zero-order valence-electron chi connectivity index (χ0n) is 9.03. The first kappa shape index (κ1) is 9.54. The van der Waals surface area contributed by atoms with Crippen molar-refractivity contribution in [1.82, 2.24) is 19.7 Å². The van der Waals surface area contributed by atoms with Crippen molar-refractivity contribution >= 4 is 0 Å². The van der Waals surface area contributed by atoms with Gasteiger partial charge in [-0.3, -0.25) is 14.6 Å². The summed E-state index contributed by atoms with van der Waals surface area (Å²) in [6.45, 7) is 3.15. The molecule has 0 unspecified atom stereocenters. The predicted molar refractivity (Wildman–Crippen MR) is 60.8 cm³/mol. The molecule has 1 aliphatic heterocycles. The predicted octanol–water partition coefficient (Wildman–Crippen LogP) is 1.33. The molecule has 2 aromatic heterocycles. The second kappa shape index (κ2) is 4.06. The molecule has 0 amide bonds. The first-order valence-corrected chi connectivity index (χ1v) is 5.52. The fourth-order valence-electron chi connectivity index (χ4n) is 2.09. The lowest BCUT2D eigenvalue weighted by Crippen LogP contribution is -2.47. The Morgan fingerprint density at radius 1 is 1.25 bits per heavy atom. The monoisotopic (exact) mass is 214 g/mol. The summed E-state index contributed by atoms with van der Waals surface area (Å²) in [6, 6.07) is 6.63. The highest BCUT2D eigenvalue weighted by molar-refractivity contribution is 5.09. The fourth-order valence-corrected chi connectivity index (χ4v) is 2.09. The number of hydrogen-bond acceptors (Lipinski definition) is 3. The molecular weight excluding hydrogens is 200 g/mol. The average molecular weight is 214 g/mol. The Bertz CT molecular complexity index is 431. The first-order valence-electron chi connectivity index (χ1n) is 5.52. The summed E-state index contributed by atoms with van der Waals surface area (Å²) in [4.78, 5) is 6.53. The third-order valence-electron chi connectivity index (χ3n) is 2.97. The van der Waals surface area contributed by atoms with Gasteiger partial charge in [-0.1, -0.05) is 6.07 Å². The van der Waals surface area contributed by atoms with Gasteiger partial charge in [-0.2, -0.15) is 5.10 Å². The Labute approximate surface area is 94.5 Å². The Balaban J connectivity index is 1.55. The summed E-state index contributed by atoms with van der Waals surface area (Å²) < 4.78 is 2.04. The highest BCUT2D eigenvalue weighted by Crippen LogP contribution is 2.21. The third kappa shape index (κ3) is 1.84. The molecule has 4 heteroatoms. The zero-order chi connectivity index (χ0) is 10.8. The van der Waals surface area contributed by atoms with E-state index in [9.17, 15) is 0 Å². The molecule has 1 saturated heterocycles. The van der Waals surface area contributed by atoms with Gasteiger partial charge in [-0.25, -0.2) is 0 Å². The van der Waals surface area contributed by atoms with E-state index in [1.54, 1.807) is 0 Å². The fraction of sp³-hybridized carbons (Fsp3) is 0.333. The van der Waals surface area contributed by atoms with Gasteiger partial charge < -0.3 is 0 Å². The lowest BCUT2D eigenvalue weighted by atomic mass is 10.1. The van der Waals surface area contributed by atoms with Crippen LogP contribution in [0.25, 0.3) is 0 Å². The summed E-state index contributed by atoms with van der Waals surface area (Å²) in [7, 11) is 0. The van der Waals surface area contributed by atoms with Crippen LogP contribution >= 0.6 is 0 Å². The minimum atomic E-state index is 0.548. The molecule has 0 aromatic carbocycles. The molecule has 0 N–H and O–H groups in total. The van der Waals surface area contributed by atoms with Gasteiger partial charge in [0.1, 0.15) is 0 Å². The van der Waals surface area contributed by atoms with E-state index < -0.39 is 0 Å². The first-order chi connectivity index (χ1) is 7.92. The van der Waals surface area contributed by atoms with Gasteiger partial charge in [0.05, 0.1) is 6.04 Å². The number of hydrogen-bond donors (Lipinski definition) is 0. The highest BCUT2D eigenvalue weighted by Gasteiger charge is 2.27. The second-order valence-electron chi connectivity index (χ2n) is 4.20. The Morgan fingerprint density at radius 2 is 2.19 bits per heavy atom. The molecule has 2 aromatic rings. The van der Waals surface area contributed by atoms with Crippen LogP contribution in [0.3, 0.4) is 0 Å². The molecule has 3 heterocycles. The minimum absolute atomic E-state index is 0.548. The molecule has 82 valence electrons. The number of pyridine rings is 1. The van der Waals surface area contributed by atoms with E-state index in [-0.39, 0.29) is 0 Å². The summed E-state index contributed by atoms with van der Waals surface area (Å²) in [5.41, 5.74) is 1.28. The van der Waals surface area contributed by atoms with Crippen molar-refractivity contribution in [2.24, 2.45) is 0 Å². The smallest absolute Gasteiger partial charge is 0.0773 e. The van der Waals surface area contributed by atoms with Crippen LogP contribution < -0.4 is 0 Å². The van der Waals surface area contributed by atoms with E-state index in [2.05, 4.69) is 21.0 Å². The van der Waals surface area contributed by atoms with Crippen molar-refractivity contribution in [3.63, 3.8) is 0 Å². The van der Waals surface area contributed by atoms with Gasteiger partial charge in [0, 0.05) is 44.4 Å². The summed E-state index contributed by atoms with van der Waals surface area (Å²) >= 11 is 0. The Hall–Kier alpha value is -1.68. The lowest BCUT2D eigenvalue weighted by molar-refractivity contribution is 0.0908. The van der Waals surface area contributed by atoms with Crippen LogP contribution in [-0.2, 0) is 6.54 Å². The van der Waals surface area contributed by atoms with E-state index in [1.807, 2.05) is 41.6 Å². The van der Waals surface area contributed by atoms with Crippen LogP contribution in [0.5, 0.6) is 0 Å². The van der Waals surface area contributed by atoms with Crippen molar-refractivity contribution in [2.45, 2.75) is 12.6 Å². The standard InChI is InChI=1S/C12H14N4/c1-3-11(7-13-4-1)8-15-9-12(10-15)16-6-2-5-14-16/h1-7,12H,8-10H2. The van der Waals surface area contributed by atoms with Gasteiger partial charge in [-0.15, -0.1) is 0 Å². The molecular formula is C12H14N4. The molecule has 16 heavy (non-hydrogen) atoms. The van der Waals surface area contributed by atoms with Crippen molar-refractivity contribution in [3.05, 3.63) is 48.5 Å². The SMILES string of the molecule is c1cncc(CN2CC(n3cccn3)C2)c1. The molecule has 0 saturated carbocycles. The maximum atomic E-state index is 4.26. The largest absolute Gasteiger partial charge is 0.295 e. The van der Waals surface area contributed by atoms with Crippen molar-refractivity contribution in [3.8, 4) is 0 Å². The second-order valence-corrected chi connectivity index (χ2v) is 4.20.